The third-order valence-corrected chi connectivity index (χ3v) is 7.80. The number of hydrogen-bond donors (Lipinski definition) is 1. The lowest BCUT2D eigenvalue weighted by molar-refractivity contribution is -0.155. The minimum Gasteiger partial charge on any atom is -0.382 e. The molecular weight excluding hydrogens is 336 g/mol. The standard InChI is InChI=1S/C21H25ClO3/c1-12(23)21(25)9-6-16-14-11-18(22)17-10-13(24)4-7-19(17,2)15(14)5-8-20(16,21)3/h4,7,10-11,14-16,25H,5-6,8-9H2,1-3H3/t14-,15+,16+,19-,20+,21+/m1/s1/i1D3,4D,10D. The molecule has 6 atom stereocenters. The number of carbonyl (C=O) groups excluding carboxylic acids is 2. The van der Waals surface area contributed by atoms with Crippen molar-refractivity contribution in [3.63, 3.8) is 0 Å². The summed E-state index contributed by atoms with van der Waals surface area (Å²) < 4.78 is 39.0. The first-order valence-corrected chi connectivity index (χ1v) is 9.17. The van der Waals surface area contributed by atoms with Gasteiger partial charge in [-0.2, -0.15) is 0 Å². The van der Waals surface area contributed by atoms with Gasteiger partial charge in [0.2, 0.25) is 0 Å². The Morgan fingerprint density at radius 2 is 2.08 bits per heavy atom. The Morgan fingerprint density at radius 1 is 1.36 bits per heavy atom. The Hall–Kier alpha value is -1.19. The van der Waals surface area contributed by atoms with Gasteiger partial charge in [-0.3, -0.25) is 9.59 Å². The van der Waals surface area contributed by atoms with Crippen molar-refractivity contribution in [3.8, 4) is 0 Å². The van der Waals surface area contributed by atoms with Crippen molar-refractivity contribution >= 4 is 23.2 Å². The molecule has 4 aliphatic rings. The van der Waals surface area contributed by atoms with Gasteiger partial charge in [0, 0.05) is 20.0 Å². The van der Waals surface area contributed by atoms with Crippen molar-refractivity contribution < 1.29 is 21.5 Å². The quantitative estimate of drug-likeness (QED) is 0.765. The van der Waals surface area contributed by atoms with Gasteiger partial charge in [0.05, 0.1) is 2.74 Å². The van der Waals surface area contributed by atoms with Crippen LogP contribution in [0.5, 0.6) is 0 Å². The summed E-state index contributed by atoms with van der Waals surface area (Å²) in [4.78, 5) is 24.9. The van der Waals surface area contributed by atoms with Gasteiger partial charge in [0.25, 0.3) is 0 Å². The van der Waals surface area contributed by atoms with Gasteiger partial charge in [-0.15, -0.1) is 0 Å². The molecule has 0 bridgehead atoms. The van der Waals surface area contributed by atoms with Crippen molar-refractivity contribution in [3.05, 3.63) is 34.9 Å². The van der Waals surface area contributed by atoms with Crippen molar-refractivity contribution in [1.29, 1.82) is 0 Å². The molecule has 134 valence electrons. The van der Waals surface area contributed by atoms with Gasteiger partial charge in [-0.1, -0.05) is 37.6 Å². The van der Waals surface area contributed by atoms with E-state index in [9.17, 15) is 14.7 Å². The number of halogens is 1. The number of rotatable bonds is 1. The second kappa shape index (κ2) is 5.17. The average molecular weight is 366 g/mol. The molecule has 0 aromatic rings. The summed E-state index contributed by atoms with van der Waals surface area (Å²) in [6, 6.07) is -0.469. The van der Waals surface area contributed by atoms with E-state index in [1.54, 1.807) is 13.0 Å². The summed E-state index contributed by atoms with van der Waals surface area (Å²) >= 11 is 6.57. The van der Waals surface area contributed by atoms with Crippen molar-refractivity contribution in [2.75, 3.05) is 0 Å². The van der Waals surface area contributed by atoms with Crippen LogP contribution in [0.2, 0.25) is 0 Å². The fourth-order valence-corrected chi connectivity index (χ4v) is 6.35. The Balaban J connectivity index is 1.82. The monoisotopic (exact) mass is 365 g/mol. The van der Waals surface area contributed by atoms with E-state index in [1.165, 1.54) is 0 Å². The maximum atomic E-state index is 12.7. The van der Waals surface area contributed by atoms with Crippen LogP contribution in [0.1, 0.15) is 53.2 Å². The lowest BCUT2D eigenvalue weighted by Crippen LogP contribution is -2.56. The van der Waals surface area contributed by atoms with Crippen molar-refractivity contribution in [2.45, 2.75) is 52.0 Å². The predicted octanol–water partition coefficient (Wildman–Crippen LogP) is 3.96. The number of Topliss-reactive ketones (excluding diaryl/α,β-unsaturated/α-hetero) is 1. The minimum absolute atomic E-state index is 0.0629. The first kappa shape index (κ1) is 12.2. The fourth-order valence-electron chi connectivity index (χ4n) is 5.95. The number of allylic oxidation sites excluding steroid dienone is 6. The molecule has 0 aromatic carbocycles. The lowest BCUT2D eigenvalue weighted by Gasteiger charge is -2.56. The van der Waals surface area contributed by atoms with Gasteiger partial charge < -0.3 is 5.11 Å². The van der Waals surface area contributed by atoms with Gasteiger partial charge in [-0.05, 0) is 68.0 Å². The maximum Gasteiger partial charge on any atom is 0.178 e. The zero-order chi connectivity index (χ0) is 22.4. The molecule has 0 unspecified atom stereocenters. The molecule has 4 heteroatoms. The molecule has 25 heavy (non-hydrogen) atoms. The smallest absolute Gasteiger partial charge is 0.178 e. The molecule has 0 spiro atoms. The third-order valence-electron chi connectivity index (χ3n) is 7.49. The molecule has 0 heterocycles. The molecule has 2 saturated carbocycles. The Morgan fingerprint density at radius 3 is 2.80 bits per heavy atom. The van der Waals surface area contributed by atoms with Gasteiger partial charge in [0.15, 0.2) is 11.6 Å². The highest BCUT2D eigenvalue weighted by Gasteiger charge is 2.65. The first-order valence-electron chi connectivity index (χ1n) is 11.3. The maximum absolute atomic E-state index is 12.7. The van der Waals surface area contributed by atoms with E-state index in [1.807, 2.05) is 13.0 Å². The van der Waals surface area contributed by atoms with Gasteiger partial charge in [-0.25, -0.2) is 0 Å². The molecule has 3 nitrogen and oxygen atoms in total. The molecule has 4 aliphatic carbocycles. The highest BCUT2D eigenvalue weighted by molar-refractivity contribution is 6.32. The molecule has 0 saturated heterocycles. The van der Waals surface area contributed by atoms with Crippen LogP contribution in [-0.4, -0.2) is 22.3 Å². The largest absolute Gasteiger partial charge is 0.382 e. The van der Waals surface area contributed by atoms with E-state index in [2.05, 4.69) is 0 Å². The van der Waals surface area contributed by atoms with Gasteiger partial charge >= 0.3 is 0 Å². The fraction of sp³-hybridized carbons (Fsp3) is 0.619. The molecule has 2 fully saturated rings. The molecule has 4 rings (SSSR count). The number of aliphatic hydroxyl groups is 1. The molecule has 1 N–H and O–H groups in total. The summed E-state index contributed by atoms with van der Waals surface area (Å²) in [5, 5.41) is 11.6. The normalized spacial score (nSPS) is 52.4. The Labute approximate surface area is 160 Å². The van der Waals surface area contributed by atoms with Crippen molar-refractivity contribution in [1.82, 2.24) is 0 Å². The Kier molecular flexibility index (Phi) is 2.53. The highest BCUT2D eigenvalue weighted by Crippen LogP contribution is 2.66. The summed E-state index contributed by atoms with van der Waals surface area (Å²) in [6.45, 7) is 0.812. The second-order valence-electron chi connectivity index (χ2n) is 8.39. The topological polar surface area (TPSA) is 54.4 Å². The molecule has 0 aliphatic heterocycles. The lowest BCUT2D eigenvalue weighted by atomic mass is 9.49. The van der Waals surface area contributed by atoms with Crippen LogP contribution >= 0.6 is 11.6 Å². The zero-order valence-corrected chi connectivity index (χ0v) is 15.1. The van der Waals surface area contributed by atoms with Crippen LogP contribution in [0.25, 0.3) is 0 Å². The van der Waals surface area contributed by atoms with Crippen LogP contribution in [-0.2, 0) is 9.59 Å². The van der Waals surface area contributed by atoms with E-state index in [0.717, 1.165) is 0 Å². The number of carbonyl (C=O) groups is 2. The summed E-state index contributed by atoms with van der Waals surface area (Å²) in [7, 11) is 0. The summed E-state index contributed by atoms with van der Waals surface area (Å²) in [6.07, 6.45) is 4.97. The first-order chi connectivity index (χ1) is 13.7. The van der Waals surface area contributed by atoms with E-state index in [0.29, 0.717) is 29.9 Å². The van der Waals surface area contributed by atoms with Crippen LogP contribution in [0.15, 0.2) is 34.9 Å². The molecular formula is C21H25ClO3. The number of fused-ring (bicyclic) bond motifs is 5. The Bertz CT molecular complexity index is 951. The predicted molar refractivity (Wildman–Crippen MR) is 96.9 cm³/mol. The number of ketones is 2. The third kappa shape index (κ3) is 2.03. The second-order valence-corrected chi connectivity index (χ2v) is 8.80. The highest BCUT2D eigenvalue weighted by atomic mass is 35.5. The van der Waals surface area contributed by atoms with Crippen LogP contribution in [0, 0.1) is 28.6 Å². The van der Waals surface area contributed by atoms with E-state index < -0.39 is 34.8 Å². The van der Waals surface area contributed by atoms with Crippen LogP contribution in [0.3, 0.4) is 0 Å². The SMILES string of the molecule is [2H]C1=C[C@@]2(C)C(=C([2H])C1=O)C(Cl)=C[C@@H]1[C@@H]2CC[C@@]2(C)[C@H]1CC[C@]2(O)C(=O)C([2H])([2H])[2H]. The molecule has 0 amide bonds. The molecule has 0 radical (unpaired) electrons. The van der Waals surface area contributed by atoms with Crippen LogP contribution < -0.4 is 0 Å². The van der Waals surface area contributed by atoms with Crippen molar-refractivity contribution in [2.24, 2.45) is 28.6 Å². The average Bonchev–Trinajstić information content (AvgIpc) is 2.90. The zero-order valence-electron chi connectivity index (χ0n) is 19.4. The molecule has 0 aromatic heterocycles. The number of hydrogen-bond acceptors (Lipinski definition) is 3. The van der Waals surface area contributed by atoms with Crippen LogP contribution in [0.4, 0.5) is 0 Å². The summed E-state index contributed by atoms with van der Waals surface area (Å²) in [5.74, 6) is -2.14. The minimum atomic E-state index is -2.88. The van der Waals surface area contributed by atoms with E-state index in [-0.39, 0.29) is 36.3 Å². The van der Waals surface area contributed by atoms with E-state index in [4.69, 9.17) is 18.5 Å². The summed E-state index contributed by atoms with van der Waals surface area (Å²) in [5.41, 5.74) is -3.17. The van der Waals surface area contributed by atoms with E-state index >= 15 is 0 Å². The van der Waals surface area contributed by atoms with Gasteiger partial charge in [0.1, 0.15) is 5.60 Å².